The van der Waals surface area contributed by atoms with Gasteiger partial charge in [0.25, 0.3) is 5.91 Å². The van der Waals surface area contributed by atoms with Crippen molar-refractivity contribution < 1.29 is 9.53 Å². The molecule has 0 spiro atoms. The maximum Gasteiger partial charge on any atom is 0.267 e. The second kappa shape index (κ2) is 5.22. The minimum absolute atomic E-state index is 0.162. The molecule has 1 aliphatic rings. The average molecular weight is 250 g/mol. The summed E-state index contributed by atoms with van der Waals surface area (Å²) in [6, 6.07) is 3.75. The highest BCUT2D eigenvalue weighted by atomic mass is 16.5. The SMILES string of the molecule is CN(CCOc1nc(C(N)=O)ccc1N)C1CC1. The molecule has 1 aromatic rings. The van der Waals surface area contributed by atoms with Crippen LogP contribution in [-0.4, -0.2) is 42.0 Å². The van der Waals surface area contributed by atoms with Gasteiger partial charge in [-0.1, -0.05) is 0 Å². The number of likely N-dealkylation sites (N-methyl/N-ethyl adjacent to an activating group) is 1. The van der Waals surface area contributed by atoms with Crippen LogP contribution in [0, 0.1) is 0 Å². The Morgan fingerprint density at radius 3 is 2.89 bits per heavy atom. The molecule has 0 atom stereocenters. The van der Waals surface area contributed by atoms with Crippen LogP contribution in [0.4, 0.5) is 5.69 Å². The van der Waals surface area contributed by atoms with E-state index < -0.39 is 5.91 Å². The Labute approximate surface area is 106 Å². The zero-order valence-electron chi connectivity index (χ0n) is 10.4. The molecule has 98 valence electrons. The van der Waals surface area contributed by atoms with Crippen molar-refractivity contribution >= 4 is 11.6 Å². The number of carbonyl (C=O) groups excluding carboxylic acids is 1. The topological polar surface area (TPSA) is 94.5 Å². The van der Waals surface area contributed by atoms with Crippen LogP contribution in [0.15, 0.2) is 12.1 Å². The summed E-state index contributed by atoms with van der Waals surface area (Å²) in [5, 5.41) is 0. The molecule has 1 aromatic heterocycles. The molecule has 2 rings (SSSR count). The first-order chi connectivity index (χ1) is 8.58. The Morgan fingerprint density at radius 2 is 2.28 bits per heavy atom. The van der Waals surface area contributed by atoms with Crippen LogP contribution in [-0.2, 0) is 0 Å². The minimum Gasteiger partial charge on any atom is -0.475 e. The zero-order valence-corrected chi connectivity index (χ0v) is 10.4. The van der Waals surface area contributed by atoms with E-state index in [0.717, 1.165) is 6.54 Å². The lowest BCUT2D eigenvalue weighted by Crippen LogP contribution is -2.26. The van der Waals surface area contributed by atoms with E-state index in [-0.39, 0.29) is 11.6 Å². The van der Waals surface area contributed by atoms with Crippen molar-refractivity contribution in [2.45, 2.75) is 18.9 Å². The van der Waals surface area contributed by atoms with Gasteiger partial charge < -0.3 is 21.1 Å². The normalized spacial score (nSPS) is 14.8. The summed E-state index contributed by atoms with van der Waals surface area (Å²) < 4.78 is 5.49. The van der Waals surface area contributed by atoms with Crippen molar-refractivity contribution in [3.8, 4) is 5.88 Å². The van der Waals surface area contributed by atoms with Crippen LogP contribution >= 0.6 is 0 Å². The Morgan fingerprint density at radius 1 is 1.56 bits per heavy atom. The fraction of sp³-hybridized carbons (Fsp3) is 0.500. The fourth-order valence-corrected chi connectivity index (χ4v) is 1.69. The van der Waals surface area contributed by atoms with E-state index in [2.05, 4.69) is 16.9 Å². The molecule has 4 N–H and O–H groups in total. The maximum atomic E-state index is 11.0. The van der Waals surface area contributed by atoms with Gasteiger partial charge in [0.2, 0.25) is 5.88 Å². The van der Waals surface area contributed by atoms with Crippen LogP contribution in [0.2, 0.25) is 0 Å². The largest absolute Gasteiger partial charge is 0.475 e. The summed E-state index contributed by atoms with van der Waals surface area (Å²) >= 11 is 0. The van der Waals surface area contributed by atoms with E-state index >= 15 is 0 Å². The van der Waals surface area contributed by atoms with Gasteiger partial charge in [-0.05, 0) is 32.0 Å². The average Bonchev–Trinajstić information content (AvgIpc) is 3.15. The highest BCUT2D eigenvalue weighted by Gasteiger charge is 2.25. The number of nitrogens with two attached hydrogens (primary N) is 2. The quantitative estimate of drug-likeness (QED) is 0.754. The lowest BCUT2D eigenvalue weighted by Gasteiger charge is -2.16. The summed E-state index contributed by atoms with van der Waals surface area (Å²) in [4.78, 5) is 17.2. The first kappa shape index (κ1) is 12.6. The van der Waals surface area contributed by atoms with Gasteiger partial charge in [0.05, 0.1) is 5.69 Å². The first-order valence-corrected chi connectivity index (χ1v) is 5.97. The standard InChI is InChI=1S/C12H18N4O2/c1-16(8-2-3-8)6-7-18-12-9(13)4-5-10(15-12)11(14)17/h4-5,8H,2-3,6-7,13H2,1H3,(H2,14,17). The minimum atomic E-state index is -0.588. The second-order valence-corrected chi connectivity index (χ2v) is 4.52. The van der Waals surface area contributed by atoms with Crippen LogP contribution < -0.4 is 16.2 Å². The molecule has 6 heteroatoms. The Balaban J connectivity index is 1.91. The van der Waals surface area contributed by atoms with Crippen LogP contribution in [0.25, 0.3) is 0 Å². The number of amides is 1. The van der Waals surface area contributed by atoms with Crippen LogP contribution in [0.5, 0.6) is 5.88 Å². The molecule has 0 aliphatic heterocycles. The molecule has 18 heavy (non-hydrogen) atoms. The van der Waals surface area contributed by atoms with E-state index in [9.17, 15) is 4.79 Å². The number of primary amides is 1. The van der Waals surface area contributed by atoms with Gasteiger partial charge >= 0.3 is 0 Å². The predicted octanol–water partition coefficient (Wildman–Crippen LogP) is 0.236. The van der Waals surface area contributed by atoms with Crippen molar-refractivity contribution in [1.29, 1.82) is 0 Å². The van der Waals surface area contributed by atoms with Crippen LogP contribution in [0.1, 0.15) is 23.3 Å². The van der Waals surface area contributed by atoms with Crippen molar-refractivity contribution in [3.05, 3.63) is 17.8 Å². The van der Waals surface area contributed by atoms with Crippen molar-refractivity contribution in [2.75, 3.05) is 25.9 Å². The lowest BCUT2D eigenvalue weighted by atomic mass is 10.3. The van der Waals surface area contributed by atoms with E-state index in [4.69, 9.17) is 16.2 Å². The van der Waals surface area contributed by atoms with E-state index in [0.29, 0.717) is 18.3 Å². The molecular formula is C12H18N4O2. The Bertz CT molecular complexity index is 446. The number of aromatic nitrogens is 1. The zero-order chi connectivity index (χ0) is 13.1. The van der Waals surface area contributed by atoms with Crippen molar-refractivity contribution in [1.82, 2.24) is 9.88 Å². The third kappa shape index (κ3) is 3.10. The van der Waals surface area contributed by atoms with Gasteiger partial charge in [-0.25, -0.2) is 4.98 Å². The smallest absolute Gasteiger partial charge is 0.267 e. The highest BCUT2D eigenvalue weighted by Crippen LogP contribution is 2.25. The lowest BCUT2D eigenvalue weighted by molar-refractivity contribution is 0.0994. The number of hydrogen-bond donors (Lipinski definition) is 2. The monoisotopic (exact) mass is 250 g/mol. The summed E-state index contributed by atoms with van der Waals surface area (Å²) in [5.74, 6) is -0.314. The molecular weight excluding hydrogens is 232 g/mol. The number of rotatable bonds is 6. The van der Waals surface area contributed by atoms with Gasteiger partial charge in [-0.3, -0.25) is 4.79 Å². The van der Waals surface area contributed by atoms with Gasteiger partial charge in [0.1, 0.15) is 12.3 Å². The highest BCUT2D eigenvalue weighted by molar-refractivity contribution is 5.91. The second-order valence-electron chi connectivity index (χ2n) is 4.52. The number of anilines is 1. The van der Waals surface area contributed by atoms with E-state index in [1.54, 1.807) is 6.07 Å². The van der Waals surface area contributed by atoms with Gasteiger partial charge in [0.15, 0.2) is 0 Å². The molecule has 1 amide bonds. The molecule has 1 saturated carbocycles. The summed E-state index contributed by atoms with van der Waals surface area (Å²) in [6.45, 7) is 1.30. The molecule has 0 unspecified atom stereocenters. The van der Waals surface area contributed by atoms with Gasteiger partial charge in [-0.15, -0.1) is 0 Å². The molecule has 1 fully saturated rings. The number of ether oxygens (including phenoxy) is 1. The number of hydrogen-bond acceptors (Lipinski definition) is 5. The third-order valence-electron chi connectivity index (χ3n) is 3.00. The van der Waals surface area contributed by atoms with Gasteiger partial charge in [0, 0.05) is 12.6 Å². The first-order valence-electron chi connectivity index (χ1n) is 5.97. The number of nitrogens with zero attached hydrogens (tertiary/aromatic N) is 2. The molecule has 0 aromatic carbocycles. The molecule has 0 radical (unpaired) electrons. The molecule has 1 aliphatic carbocycles. The molecule has 0 saturated heterocycles. The molecule has 1 heterocycles. The number of carbonyl (C=O) groups is 1. The maximum absolute atomic E-state index is 11.0. The summed E-state index contributed by atoms with van der Waals surface area (Å²) in [5.41, 5.74) is 11.4. The third-order valence-corrected chi connectivity index (χ3v) is 3.00. The number of pyridine rings is 1. The summed E-state index contributed by atoms with van der Waals surface area (Å²) in [7, 11) is 2.07. The van der Waals surface area contributed by atoms with Crippen molar-refractivity contribution in [2.24, 2.45) is 5.73 Å². The van der Waals surface area contributed by atoms with E-state index in [1.165, 1.54) is 18.9 Å². The fourth-order valence-electron chi connectivity index (χ4n) is 1.69. The van der Waals surface area contributed by atoms with E-state index in [1.807, 2.05) is 0 Å². The van der Waals surface area contributed by atoms with Crippen LogP contribution in [0.3, 0.4) is 0 Å². The van der Waals surface area contributed by atoms with Crippen molar-refractivity contribution in [3.63, 3.8) is 0 Å². The summed E-state index contributed by atoms with van der Waals surface area (Å²) in [6.07, 6.45) is 2.52. The number of nitrogen functional groups attached to an aromatic ring is 1. The molecule has 6 nitrogen and oxygen atoms in total. The molecule has 0 bridgehead atoms. The van der Waals surface area contributed by atoms with Gasteiger partial charge in [-0.2, -0.15) is 0 Å². The Kier molecular flexibility index (Phi) is 3.66. The Hall–Kier alpha value is -1.82. The predicted molar refractivity (Wildman–Crippen MR) is 68.3 cm³/mol.